The second-order valence-electron chi connectivity index (χ2n) is 4.46. The molecule has 1 amide bonds. The molecule has 19 heavy (non-hydrogen) atoms. The van der Waals surface area contributed by atoms with Gasteiger partial charge in [-0.25, -0.2) is 4.79 Å². The average molecular weight is 284 g/mol. The summed E-state index contributed by atoms with van der Waals surface area (Å²) in [7, 11) is 0. The zero-order valence-electron chi connectivity index (χ0n) is 11.0. The first-order chi connectivity index (χ1) is 8.95. The number of hydrogen-bond donors (Lipinski definition) is 2. The van der Waals surface area contributed by atoms with Crippen molar-refractivity contribution in [2.45, 2.75) is 38.6 Å². The molecule has 0 bridgehead atoms. The van der Waals surface area contributed by atoms with Crippen LogP contribution < -0.4 is 5.32 Å². The molecule has 2 atom stereocenters. The Morgan fingerprint density at radius 2 is 2.11 bits per heavy atom. The minimum Gasteiger partial charge on any atom is -0.480 e. The maximum atomic E-state index is 12.0. The lowest BCUT2D eigenvalue weighted by Gasteiger charge is -2.17. The van der Waals surface area contributed by atoms with Gasteiger partial charge in [-0.05, 0) is 31.0 Å². The fourth-order valence-electron chi connectivity index (χ4n) is 1.77. The minimum absolute atomic E-state index is 0.303. The van der Waals surface area contributed by atoms with E-state index in [-0.39, 0.29) is 5.91 Å². The Balaban J connectivity index is 2.74. The summed E-state index contributed by atoms with van der Waals surface area (Å²) >= 11 is 5.87. The lowest BCUT2D eigenvalue weighted by molar-refractivity contribution is -0.142. The number of carboxylic acid groups (broad SMARTS) is 1. The molecule has 0 saturated heterocycles. The predicted molar refractivity (Wildman–Crippen MR) is 74.3 cm³/mol. The van der Waals surface area contributed by atoms with Crippen LogP contribution in [0, 0.1) is 0 Å². The summed E-state index contributed by atoms with van der Waals surface area (Å²) in [5, 5.41) is 12.1. The van der Waals surface area contributed by atoms with E-state index in [1.54, 1.807) is 31.2 Å². The second kappa shape index (κ2) is 7.14. The molecule has 1 aromatic carbocycles. The van der Waals surface area contributed by atoms with Crippen molar-refractivity contribution in [3.63, 3.8) is 0 Å². The van der Waals surface area contributed by atoms with Crippen molar-refractivity contribution in [2.24, 2.45) is 0 Å². The predicted octanol–water partition coefficient (Wildman–Crippen LogP) is 2.81. The molecular weight excluding hydrogens is 266 g/mol. The Bertz CT molecular complexity index is 462. The van der Waals surface area contributed by atoms with E-state index in [0.717, 1.165) is 5.56 Å². The Kier molecular flexibility index (Phi) is 5.83. The van der Waals surface area contributed by atoms with E-state index in [0.29, 0.717) is 17.9 Å². The third kappa shape index (κ3) is 4.56. The topological polar surface area (TPSA) is 66.4 Å². The van der Waals surface area contributed by atoms with E-state index in [4.69, 9.17) is 16.7 Å². The van der Waals surface area contributed by atoms with Crippen LogP contribution in [0.2, 0.25) is 5.02 Å². The van der Waals surface area contributed by atoms with Gasteiger partial charge in [-0.15, -0.1) is 0 Å². The highest BCUT2D eigenvalue weighted by Crippen LogP contribution is 2.19. The van der Waals surface area contributed by atoms with Gasteiger partial charge >= 0.3 is 5.97 Å². The number of carbonyl (C=O) groups is 2. The Morgan fingerprint density at radius 3 is 2.63 bits per heavy atom. The van der Waals surface area contributed by atoms with Crippen molar-refractivity contribution in [1.29, 1.82) is 0 Å². The number of hydrogen-bond acceptors (Lipinski definition) is 2. The number of nitrogens with one attached hydrogen (secondary N) is 1. The number of carboxylic acids is 1. The van der Waals surface area contributed by atoms with Crippen LogP contribution in [0.15, 0.2) is 24.3 Å². The number of halogens is 1. The first kappa shape index (κ1) is 15.5. The van der Waals surface area contributed by atoms with Crippen molar-refractivity contribution in [1.82, 2.24) is 5.32 Å². The average Bonchev–Trinajstić information content (AvgIpc) is 2.37. The molecule has 104 valence electrons. The molecule has 0 aliphatic carbocycles. The van der Waals surface area contributed by atoms with E-state index < -0.39 is 17.9 Å². The first-order valence-electron chi connectivity index (χ1n) is 6.24. The molecule has 0 aliphatic heterocycles. The molecule has 2 N–H and O–H groups in total. The normalized spacial score (nSPS) is 13.6. The van der Waals surface area contributed by atoms with Gasteiger partial charge in [0.2, 0.25) is 5.91 Å². The fourth-order valence-corrected chi connectivity index (χ4v) is 1.97. The van der Waals surface area contributed by atoms with Crippen molar-refractivity contribution >= 4 is 23.5 Å². The molecule has 0 spiro atoms. The zero-order valence-corrected chi connectivity index (χ0v) is 11.8. The lowest BCUT2D eigenvalue weighted by atomic mass is 9.99. The van der Waals surface area contributed by atoms with Crippen molar-refractivity contribution < 1.29 is 14.7 Å². The first-order valence-corrected chi connectivity index (χ1v) is 6.62. The van der Waals surface area contributed by atoms with Crippen molar-refractivity contribution in [3.8, 4) is 0 Å². The van der Waals surface area contributed by atoms with Crippen LogP contribution >= 0.6 is 11.6 Å². The monoisotopic (exact) mass is 283 g/mol. The van der Waals surface area contributed by atoms with Gasteiger partial charge in [-0.1, -0.05) is 37.1 Å². The van der Waals surface area contributed by atoms with Gasteiger partial charge in [0.1, 0.15) is 6.04 Å². The summed E-state index contributed by atoms with van der Waals surface area (Å²) in [6, 6.07) is 6.17. The standard InChI is InChI=1S/C14H18ClNO3/c1-3-5-12(14(18)19)16-13(17)9(2)10-6-4-7-11(15)8-10/h4,6-9,12H,3,5H2,1-2H3,(H,16,17)(H,18,19). The van der Waals surface area contributed by atoms with Crippen LogP contribution in [0.4, 0.5) is 0 Å². The van der Waals surface area contributed by atoms with Gasteiger partial charge in [-0.3, -0.25) is 4.79 Å². The number of amides is 1. The van der Waals surface area contributed by atoms with Gasteiger partial charge in [-0.2, -0.15) is 0 Å². The van der Waals surface area contributed by atoms with E-state index in [2.05, 4.69) is 5.32 Å². The highest BCUT2D eigenvalue weighted by atomic mass is 35.5. The third-order valence-electron chi connectivity index (χ3n) is 2.93. The molecule has 0 saturated carbocycles. The molecule has 4 nitrogen and oxygen atoms in total. The molecule has 0 aliphatic rings. The van der Waals surface area contributed by atoms with Gasteiger partial charge in [0, 0.05) is 5.02 Å². The summed E-state index contributed by atoms with van der Waals surface area (Å²) in [5.74, 6) is -1.74. The quantitative estimate of drug-likeness (QED) is 0.844. The molecule has 2 unspecified atom stereocenters. The molecule has 1 aromatic rings. The van der Waals surface area contributed by atoms with E-state index in [9.17, 15) is 9.59 Å². The van der Waals surface area contributed by atoms with E-state index in [1.165, 1.54) is 0 Å². The van der Waals surface area contributed by atoms with Crippen molar-refractivity contribution in [3.05, 3.63) is 34.9 Å². The molecule has 1 rings (SSSR count). The van der Waals surface area contributed by atoms with Crippen molar-refractivity contribution in [2.75, 3.05) is 0 Å². The Labute approximate surface area is 117 Å². The van der Waals surface area contributed by atoms with Crippen LogP contribution in [-0.2, 0) is 9.59 Å². The molecule has 5 heteroatoms. The lowest BCUT2D eigenvalue weighted by Crippen LogP contribution is -2.42. The maximum Gasteiger partial charge on any atom is 0.326 e. The highest BCUT2D eigenvalue weighted by Gasteiger charge is 2.23. The minimum atomic E-state index is -1.01. The molecule has 0 fully saturated rings. The second-order valence-corrected chi connectivity index (χ2v) is 4.90. The molecular formula is C14H18ClNO3. The summed E-state index contributed by atoms with van der Waals surface area (Å²) in [6.45, 7) is 3.61. The van der Waals surface area contributed by atoms with E-state index >= 15 is 0 Å². The van der Waals surface area contributed by atoms with Gasteiger partial charge in [0.05, 0.1) is 5.92 Å². The fraction of sp³-hybridized carbons (Fsp3) is 0.429. The van der Waals surface area contributed by atoms with Crippen LogP contribution in [0.5, 0.6) is 0 Å². The third-order valence-corrected chi connectivity index (χ3v) is 3.17. The Morgan fingerprint density at radius 1 is 1.42 bits per heavy atom. The van der Waals surface area contributed by atoms with Crippen LogP contribution in [0.1, 0.15) is 38.2 Å². The number of carbonyl (C=O) groups excluding carboxylic acids is 1. The summed E-state index contributed by atoms with van der Waals surface area (Å²) in [4.78, 5) is 23.0. The molecule has 0 heterocycles. The van der Waals surface area contributed by atoms with Gasteiger partial charge in [0.15, 0.2) is 0 Å². The summed E-state index contributed by atoms with van der Waals surface area (Å²) < 4.78 is 0. The summed E-state index contributed by atoms with van der Waals surface area (Å²) in [5.41, 5.74) is 0.769. The highest BCUT2D eigenvalue weighted by molar-refractivity contribution is 6.30. The van der Waals surface area contributed by atoms with E-state index in [1.807, 2.05) is 6.92 Å². The van der Waals surface area contributed by atoms with Crippen LogP contribution in [0.25, 0.3) is 0 Å². The molecule has 0 aromatic heterocycles. The Hall–Kier alpha value is -1.55. The molecule has 0 radical (unpaired) electrons. The van der Waals surface area contributed by atoms with Gasteiger partial charge < -0.3 is 10.4 Å². The maximum absolute atomic E-state index is 12.0. The SMILES string of the molecule is CCCC(NC(=O)C(C)c1cccc(Cl)c1)C(=O)O. The number of rotatable bonds is 6. The van der Waals surface area contributed by atoms with Crippen LogP contribution in [0.3, 0.4) is 0 Å². The number of aliphatic carboxylic acids is 1. The smallest absolute Gasteiger partial charge is 0.326 e. The van der Waals surface area contributed by atoms with Gasteiger partial charge in [0.25, 0.3) is 0 Å². The number of benzene rings is 1. The van der Waals surface area contributed by atoms with Crippen LogP contribution in [-0.4, -0.2) is 23.0 Å². The summed E-state index contributed by atoms with van der Waals surface area (Å²) in [6.07, 6.45) is 1.12. The largest absolute Gasteiger partial charge is 0.480 e. The zero-order chi connectivity index (χ0) is 14.4.